The third kappa shape index (κ3) is 4.23. The van der Waals surface area contributed by atoms with Gasteiger partial charge in [0.05, 0.1) is 13.2 Å². The number of hydrogen-bond donors (Lipinski definition) is 1. The van der Waals surface area contributed by atoms with Crippen LogP contribution in [-0.2, 0) is 6.42 Å². The molecule has 4 rings (SSSR count). The molecule has 4 heteroatoms. The summed E-state index contributed by atoms with van der Waals surface area (Å²) in [6.45, 7) is 3.12. The molecule has 1 aliphatic carbocycles. The molecule has 1 fully saturated rings. The van der Waals surface area contributed by atoms with E-state index >= 15 is 0 Å². The van der Waals surface area contributed by atoms with E-state index in [2.05, 4.69) is 11.0 Å². The van der Waals surface area contributed by atoms with Gasteiger partial charge in [0.25, 0.3) is 0 Å². The minimum atomic E-state index is -0.414. The standard InChI is InChI=1S/C24H30FNO2/c1-28-24-7-3-6-21-22(24)9-8-17(14-23(21)27)16-26-12-10-18(11-13-26)19-4-2-5-20(25)15-19/h2-7,15,17-18,23,27H,8-14,16H2,1H3/t17-,23+/m0/s1. The van der Waals surface area contributed by atoms with E-state index in [-0.39, 0.29) is 5.82 Å². The summed E-state index contributed by atoms with van der Waals surface area (Å²) >= 11 is 0. The Morgan fingerprint density at radius 1 is 1.11 bits per heavy atom. The maximum atomic E-state index is 13.5. The van der Waals surface area contributed by atoms with Gasteiger partial charge in [-0.05, 0) is 91.9 Å². The smallest absolute Gasteiger partial charge is 0.123 e. The van der Waals surface area contributed by atoms with Crippen molar-refractivity contribution in [3.63, 3.8) is 0 Å². The molecule has 0 amide bonds. The topological polar surface area (TPSA) is 32.7 Å². The first-order valence-electron chi connectivity index (χ1n) is 10.5. The number of fused-ring (bicyclic) bond motifs is 1. The van der Waals surface area contributed by atoms with E-state index in [0.29, 0.717) is 11.8 Å². The maximum absolute atomic E-state index is 13.5. The first kappa shape index (κ1) is 19.4. The van der Waals surface area contributed by atoms with Gasteiger partial charge in [0, 0.05) is 6.54 Å². The molecule has 0 saturated carbocycles. The van der Waals surface area contributed by atoms with E-state index in [9.17, 15) is 9.50 Å². The van der Waals surface area contributed by atoms with E-state index in [1.165, 1.54) is 11.6 Å². The molecule has 0 unspecified atom stereocenters. The molecule has 3 nitrogen and oxygen atoms in total. The highest BCUT2D eigenvalue weighted by Gasteiger charge is 2.28. The van der Waals surface area contributed by atoms with Gasteiger partial charge < -0.3 is 14.7 Å². The van der Waals surface area contributed by atoms with Crippen molar-refractivity contribution < 1.29 is 14.2 Å². The molecule has 1 N–H and O–H groups in total. The number of hydrogen-bond acceptors (Lipinski definition) is 3. The van der Waals surface area contributed by atoms with Crippen molar-refractivity contribution >= 4 is 0 Å². The van der Waals surface area contributed by atoms with Crippen LogP contribution >= 0.6 is 0 Å². The SMILES string of the molecule is COc1cccc2c1CC[C@H](CN1CCC(c3cccc(F)c3)CC1)C[C@H]2O. The van der Waals surface area contributed by atoms with Gasteiger partial charge in [0.15, 0.2) is 0 Å². The highest BCUT2D eigenvalue weighted by atomic mass is 19.1. The van der Waals surface area contributed by atoms with Gasteiger partial charge in [-0.25, -0.2) is 4.39 Å². The Balaban J connectivity index is 1.35. The van der Waals surface area contributed by atoms with Gasteiger partial charge in [-0.15, -0.1) is 0 Å². The van der Waals surface area contributed by atoms with E-state index in [1.807, 2.05) is 24.3 Å². The summed E-state index contributed by atoms with van der Waals surface area (Å²) in [5, 5.41) is 10.8. The summed E-state index contributed by atoms with van der Waals surface area (Å²) < 4.78 is 19.0. The van der Waals surface area contributed by atoms with Gasteiger partial charge in [0.2, 0.25) is 0 Å². The molecule has 2 atom stereocenters. The van der Waals surface area contributed by atoms with Crippen LogP contribution in [0.1, 0.15) is 54.4 Å². The molecule has 1 heterocycles. The molecule has 0 spiro atoms. The number of rotatable bonds is 4. The van der Waals surface area contributed by atoms with E-state index in [1.54, 1.807) is 13.2 Å². The van der Waals surface area contributed by atoms with E-state index < -0.39 is 6.10 Å². The minimum Gasteiger partial charge on any atom is -0.496 e. The number of ether oxygens (including phenoxy) is 1. The van der Waals surface area contributed by atoms with Crippen LogP contribution in [0.25, 0.3) is 0 Å². The molecule has 150 valence electrons. The summed E-state index contributed by atoms with van der Waals surface area (Å²) in [4.78, 5) is 2.53. The van der Waals surface area contributed by atoms with Crippen LogP contribution in [0.15, 0.2) is 42.5 Å². The molecule has 1 saturated heterocycles. The van der Waals surface area contributed by atoms with Crippen LogP contribution in [0, 0.1) is 11.7 Å². The molecule has 0 aromatic heterocycles. The molecule has 2 aliphatic rings. The van der Waals surface area contributed by atoms with Gasteiger partial charge in [-0.2, -0.15) is 0 Å². The van der Waals surface area contributed by atoms with Crippen LogP contribution in [-0.4, -0.2) is 36.8 Å². The van der Waals surface area contributed by atoms with Gasteiger partial charge in [-0.1, -0.05) is 24.3 Å². The Morgan fingerprint density at radius 2 is 1.89 bits per heavy atom. The van der Waals surface area contributed by atoms with Crippen LogP contribution in [0.3, 0.4) is 0 Å². The summed E-state index contributed by atoms with van der Waals surface area (Å²) in [6.07, 6.45) is 4.58. The second-order valence-corrected chi connectivity index (χ2v) is 8.31. The molecule has 0 bridgehead atoms. The highest BCUT2D eigenvalue weighted by molar-refractivity contribution is 5.42. The summed E-state index contributed by atoms with van der Waals surface area (Å²) in [5.74, 6) is 1.70. The number of aliphatic hydroxyl groups is 1. The second kappa shape index (κ2) is 8.62. The lowest BCUT2D eigenvalue weighted by Crippen LogP contribution is -2.36. The fourth-order valence-electron chi connectivity index (χ4n) is 5.00. The normalized spacial score (nSPS) is 23.8. The Bertz CT molecular complexity index is 801. The van der Waals surface area contributed by atoms with Crippen LogP contribution in [0.4, 0.5) is 4.39 Å². The summed E-state index contributed by atoms with van der Waals surface area (Å²) in [7, 11) is 1.70. The zero-order valence-corrected chi connectivity index (χ0v) is 16.6. The molecule has 0 radical (unpaired) electrons. The first-order valence-corrected chi connectivity index (χ1v) is 10.5. The number of likely N-dealkylation sites (tertiary alicyclic amines) is 1. The van der Waals surface area contributed by atoms with Crippen LogP contribution < -0.4 is 4.74 Å². The predicted molar refractivity (Wildman–Crippen MR) is 109 cm³/mol. The minimum absolute atomic E-state index is 0.137. The molecule has 1 aliphatic heterocycles. The van der Waals surface area contributed by atoms with Crippen molar-refractivity contribution in [1.82, 2.24) is 4.90 Å². The largest absolute Gasteiger partial charge is 0.496 e. The summed E-state index contributed by atoms with van der Waals surface area (Å²) in [5.41, 5.74) is 3.34. The number of piperidine rings is 1. The predicted octanol–water partition coefficient (Wildman–Crippen LogP) is 4.70. The number of nitrogens with zero attached hydrogens (tertiary/aromatic N) is 1. The average Bonchev–Trinajstić information content (AvgIpc) is 2.87. The Kier molecular flexibility index (Phi) is 5.98. The molecule has 2 aromatic carbocycles. The third-order valence-corrected chi connectivity index (χ3v) is 6.53. The number of benzene rings is 2. The molecule has 28 heavy (non-hydrogen) atoms. The average molecular weight is 384 g/mol. The fourth-order valence-corrected chi connectivity index (χ4v) is 5.00. The Morgan fingerprint density at radius 3 is 2.64 bits per heavy atom. The van der Waals surface area contributed by atoms with Crippen molar-refractivity contribution in [3.05, 3.63) is 65.0 Å². The third-order valence-electron chi connectivity index (χ3n) is 6.53. The zero-order valence-electron chi connectivity index (χ0n) is 16.6. The number of methoxy groups -OCH3 is 1. The molecular formula is C24H30FNO2. The quantitative estimate of drug-likeness (QED) is 0.777. The monoisotopic (exact) mass is 383 g/mol. The van der Waals surface area contributed by atoms with E-state index in [4.69, 9.17) is 4.74 Å². The van der Waals surface area contributed by atoms with E-state index in [0.717, 1.165) is 68.6 Å². The second-order valence-electron chi connectivity index (χ2n) is 8.31. The molecular weight excluding hydrogens is 353 g/mol. The van der Waals surface area contributed by atoms with Crippen molar-refractivity contribution in [1.29, 1.82) is 0 Å². The van der Waals surface area contributed by atoms with Crippen LogP contribution in [0.2, 0.25) is 0 Å². The highest BCUT2D eigenvalue weighted by Crippen LogP contribution is 2.37. The Hall–Kier alpha value is -1.91. The maximum Gasteiger partial charge on any atom is 0.123 e. The number of halogens is 1. The number of aliphatic hydroxyl groups excluding tert-OH is 1. The van der Waals surface area contributed by atoms with Gasteiger partial charge >= 0.3 is 0 Å². The first-order chi connectivity index (χ1) is 13.6. The lowest BCUT2D eigenvalue weighted by Gasteiger charge is -2.34. The summed E-state index contributed by atoms with van der Waals surface area (Å²) in [6, 6.07) is 13.1. The van der Waals surface area contributed by atoms with Crippen molar-refractivity contribution in [2.24, 2.45) is 5.92 Å². The van der Waals surface area contributed by atoms with Gasteiger partial charge in [-0.3, -0.25) is 0 Å². The van der Waals surface area contributed by atoms with Gasteiger partial charge in [0.1, 0.15) is 11.6 Å². The van der Waals surface area contributed by atoms with Crippen molar-refractivity contribution in [3.8, 4) is 5.75 Å². The molecule has 2 aromatic rings. The van der Waals surface area contributed by atoms with Crippen LogP contribution in [0.5, 0.6) is 5.75 Å². The van der Waals surface area contributed by atoms with Crippen molar-refractivity contribution in [2.75, 3.05) is 26.7 Å². The fraction of sp³-hybridized carbons (Fsp3) is 0.500. The lowest BCUT2D eigenvalue weighted by molar-refractivity contribution is 0.117. The Labute approximate surface area is 167 Å². The van der Waals surface area contributed by atoms with Crippen molar-refractivity contribution in [2.45, 2.75) is 44.1 Å². The zero-order chi connectivity index (χ0) is 19.5. The lowest BCUT2D eigenvalue weighted by atomic mass is 9.88.